The molecule has 2 aromatic rings. The number of nitrogen functional groups attached to an aromatic ring is 1. The molecule has 1 aromatic heterocycles. The number of aromatic carboxylic acids is 1. The Balaban J connectivity index is 1.41. The fourth-order valence-corrected chi connectivity index (χ4v) is 4.89. The Morgan fingerprint density at radius 2 is 2.05 bits per heavy atom. The molecule has 1 saturated carbocycles. The van der Waals surface area contributed by atoms with Crippen molar-refractivity contribution >= 4 is 47.1 Å². The number of amides is 2. The molecule has 198 valence electrons. The van der Waals surface area contributed by atoms with Crippen LogP contribution in [0.25, 0.3) is 0 Å². The SMILES string of the molecule is N#C[C@H]1CC[C@H](NC(=O)CO/N=C(\C(=O)N[C@H]2Cc3cccc(C(=O)O)c3OB2O)c2csc(N)n2)CC1. The molecule has 2 aliphatic rings. The van der Waals surface area contributed by atoms with Gasteiger partial charge < -0.3 is 36.0 Å². The topological polar surface area (TPSA) is 209 Å². The zero-order chi connectivity index (χ0) is 27.2. The number of carboxylic acid groups (broad SMARTS) is 1. The van der Waals surface area contributed by atoms with Crippen LogP contribution < -0.4 is 21.0 Å². The summed E-state index contributed by atoms with van der Waals surface area (Å²) in [6.45, 7) is -0.449. The minimum absolute atomic E-state index is 0.0106. The molecule has 2 amide bonds. The van der Waals surface area contributed by atoms with Gasteiger partial charge in [-0.2, -0.15) is 5.26 Å². The Kier molecular flexibility index (Phi) is 8.44. The molecule has 0 saturated heterocycles. The van der Waals surface area contributed by atoms with Gasteiger partial charge in [0.25, 0.3) is 11.8 Å². The molecule has 2 heterocycles. The van der Waals surface area contributed by atoms with Gasteiger partial charge >= 0.3 is 13.1 Å². The van der Waals surface area contributed by atoms with Crippen LogP contribution in [0.4, 0.5) is 5.13 Å². The number of fused-ring (bicyclic) bond motifs is 1. The van der Waals surface area contributed by atoms with Crippen LogP contribution in [0.15, 0.2) is 28.7 Å². The smallest absolute Gasteiger partial charge is 0.534 e. The number of nitrogens with one attached hydrogen (secondary N) is 2. The minimum atomic E-state index is -1.53. The number of rotatable bonds is 8. The Bertz CT molecular complexity index is 1290. The lowest BCUT2D eigenvalue weighted by Gasteiger charge is -2.28. The number of para-hydroxylation sites is 1. The molecule has 6 N–H and O–H groups in total. The van der Waals surface area contributed by atoms with E-state index in [2.05, 4.69) is 26.8 Å². The molecule has 1 atom stereocenters. The van der Waals surface area contributed by atoms with Crippen LogP contribution in [-0.2, 0) is 20.8 Å². The number of carbonyl (C=O) groups is 3. The van der Waals surface area contributed by atoms with Crippen molar-refractivity contribution in [2.45, 2.75) is 44.1 Å². The Morgan fingerprint density at radius 3 is 2.71 bits per heavy atom. The summed E-state index contributed by atoms with van der Waals surface area (Å²) in [5, 5.41) is 39.8. The van der Waals surface area contributed by atoms with Crippen molar-refractivity contribution in [1.82, 2.24) is 15.6 Å². The van der Waals surface area contributed by atoms with E-state index in [9.17, 15) is 24.5 Å². The number of aromatic nitrogens is 1. The van der Waals surface area contributed by atoms with Crippen molar-refractivity contribution in [3.63, 3.8) is 0 Å². The minimum Gasteiger partial charge on any atom is -0.534 e. The van der Waals surface area contributed by atoms with Crippen LogP contribution >= 0.6 is 11.3 Å². The highest BCUT2D eigenvalue weighted by Gasteiger charge is 2.38. The zero-order valence-electron chi connectivity index (χ0n) is 20.1. The number of thiazole rings is 1. The molecule has 0 radical (unpaired) electrons. The molecule has 13 nitrogen and oxygen atoms in total. The number of oxime groups is 1. The lowest BCUT2D eigenvalue weighted by atomic mass is 9.72. The van der Waals surface area contributed by atoms with Crippen LogP contribution in [0, 0.1) is 17.2 Å². The van der Waals surface area contributed by atoms with E-state index in [0.717, 1.165) is 24.2 Å². The zero-order valence-corrected chi connectivity index (χ0v) is 20.9. The fraction of sp³-hybridized carbons (Fsp3) is 0.391. The first kappa shape index (κ1) is 26.9. The largest absolute Gasteiger partial charge is 0.547 e. The van der Waals surface area contributed by atoms with Crippen molar-refractivity contribution in [2.75, 3.05) is 12.3 Å². The average Bonchev–Trinajstić information content (AvgIpc) is 3.32. The fourth-order valence-electron chi connectivity index (χ4n) is 4.35. The number of hydrogen-bond donors (Lipinski definition) is 5. The van der Waals surface area contributed by atoms with Crippen molar-refractivity contribution in [3.8, 4) is 11.8 Å². The highest BCUT2D eigenvalue weighted by molar-refractivity contribution is 7.13. The van der Waals surface area contributed by atoms with Crippen molar-refractivity contribution < 1.29 is 34.0 Å². The van der Waals surface area contributed by atoms with E-state index < -0.39 is 37.5 Å². The summed E-state index contributed by atoms with van der Waals surface area (Å²) >= 11 is 1.08. The average molecular weight is 540 g/mol. The molecule has 1 aliphatic heterocycles. The van der Waals surface area contributed by atoms with Gasteiger partial charge in [-0.25, -0.2) is 9.78 Å². The second-order valence-corrected chi connectivity index (χ2v) is 9.81. The third kappa shape index (κ3) is 6.39. The standard InChI is InChI=1S/C23H25BN6O7S/c25-9-12-4-6-14(7-5-12)27-18(31)10-36-30-19(16-11-38-23(26)28-16)21(32)29-17-8-13-2-1-3-15(22(33)34)20(13)37-24(17)35/h1-3,11-12,14,17,35H,4-8,10H2,(H2,26,28)(H,27,31)(H,29,32)(H,33,34)/b30-19-/t12-,14-,17-/m0/s1. The highest BCUT2D eigenvalue weighted by atomic mass is 32.1. The molecule has 1 fully saturated rings. The monoisotopic (exact) mass is 540 g/mol. The number of carboxylic acids is 1. The summed E-state index contributed by atoms with van der Waals surface area (Å²) in [6.07, 6.45) is 2.92. The molecule has 4 rings (SSSR count). The lowest BCUT2D eigenvalue weighted by Crippen LogP contribution is -2.54. The molecule has 1 aliphatic carbocycles. The first-order valence-electron chi connectivity index (χ1n) is 11.9. The van der Waals surface area contributed by atoms with Gasteiger partial charge in [0, 0.05) is 17.3 Å². The number of nitriles is 1. The maximum atomic E-state index is 13.1. The second kappa shape index (κ2) is 11.9. The Hall–Kier alpha value is -4.16. The van der Waals surface area contributed by atoms with E-state index in [1.807, 2.05) is 0 Å². The van der Waals surface area contributed by atoms with Gasteiger partial charge in [-0.05, 0) is 43.7 Å². The summed E-state index contributed by atoms with van der Waals surface area (Å²) in [5.74, 6) is -3.29. The third-order valence-electron chi connectivity index (χ3n) is 6.27. The Labute approximate surface area is 221 Å². The van der Waals surface area contributed by atoms with Gasteiger partial charge in [0.05, 0.1) is 17.6 Å². The highest BCUT2D eigenvalue weighted by Crippen LogP contribution is 2.30. The number of nitrogens with zero attached hydrogens (tertiary/aromatic N) is 3. The molecule has 0 unspecified atom stereocenters. The van der Waals surface area contributed by atoms with E-state index in [0.29, 0.717) is 18.4 Å². The number of anilines is 1. The van der Waals surface area contributed by atoms with Crippen LogP contribution in [0.5, 0.6) is 5.75 Å². The van der Waals surface area contributed by atoms with Gasteiger partial charge in [0.1, 0.15) is 11.4 Å². The van der Waals surface area contributed by atoms with Crippen molar-refractivity contribution in [1.29, 1.82) is 5.26 Å². The van der Waals surface area contributed by atoms with E-state index >= 15 is 0 Å². The normalized spacial score (nSPS) is 20.9. The van der Waals surface area contributed by atoms with Gasteiger partial charge in [-0.15, -0.1) is 11.3 Å². The maximum absolute atomic E-state index is 13.1. The van der Waals surface area contributed by atoms with Crippen LogP contribution in [0.3, 0.4) is 0 Å². The van der Waals surface area contributed by atoms with Crippen molar-refractivity contribution in [2.24, 2.45) is 11.1 Å². The number of hydrogen-bond acceptors (Lipinski definition) is 11. The summed E-state index contributed by atoms with van der Waals surface area (Å²) in [5.41, 5.74) is 5.94. The summed E-state index contributed by atoms with van der Waals surface area (Å²) in [6, 6.07) is 6.72. The van der Waals surface area contributed by atoms with E-state index in [-0.39, 0.29) is 46.2 Å². The van der Waals surface area contributed by atoms with Crippen LogP contribution in [0.1, 0.15) is 47.3 Å². The second-order valence-electron chi connectivity index (χ2n) is 8.92. The summed E-state index contributed by atoms with van der Waals surface area (Å²) < 4.78 is 5.41. The predicted molar refractivity (Wildman–Crippen MR) is 136 cm³/mol. The maximum Gasteiger partial charge on any atom is 0.547 e. The third-order valence-corrected chi connectivity index (χ3v) is 6.95. The predicted octanol–water partition coefficient (Wildman–Crippen LogP) is 0.482. The van der Waals surface area contributed by atoms with E-state index in [1.165, 1.54) is 11.4 Å². The van der Waals surface area contributed by atoms with Gasteiger partial charge in [-0.1, -0.05) is 17.3 Å². The quantitative estimate of drug-likeness (QED) is 0.178. The first-order chi connectivity index (χ1) is 18.2. The van der Waals surface area contributed by atoms with Gasteiger partial charge in [0.15, 0.2) is 17.5 Å². The van der Waals surface area contributed by atoms with Gasteiger partial charge in [0.2, 0.25) is 0 Å². The summed E-state index contributed by atoms with van der Waals surface area (Å²) in [4.78, 5) is 46.1. The van der Waals surface area contributed by atoms with Gasteiger partial charge in [-0.3, -0.25) is 9.59 Å². The first-order valence-corrected chi connectivity index (χ1v) is 12.7. The molecular formula is C23H25BN6O7S. The van der Waals surface area contributed by atoms with Crippen LogP contribution in [0.2, 0.25) is 0 Å². The lowest BCUT2D eigenvalue weighted by molar-refractivity contribution is -0.127. The molecule has 0 spiro atoms. The van der Waals surface area contributed by atoms with Crippen LogP contribution in [-0.4, -0.2) is 64.3 Å². The summed E-state index contributed by atoms with van der Waals surface area (Å²) in [7, 11) is -1.53. The number of nitrogens with two attached hydrogens (primary N) is 1. The molecular weight excluding hydrogens is 515 g/mol. The molecule has 38 heavy (non-hydrogen) atoms. The van der Waals surface area contributed by atoms with E-state index in [4.69, 9.17) is 20.5 Å². The number of benzene rings is 1. The molecule has 15 heteroatoms. The Morgan fingerprint density at radius 1 is 1.29 bits per heavy atom. The molecule has 0 bridgehead atoms. The number of carbonyl (C=O) groups excluding carboxylic acids is 2. The van der Waals surface area contributed by atoms with Crippen molar-refractivity contribution in [3.05, 3.63) is 40.4 Å². The molecule has 1 aromatic carbocycles. The van der Waals surface area contributed by atoms with E-state index in [1.54, 1.807) is 12.1 Å².